The monoisotopic (exact) mass is 2070 g/mol. The molecule has 6 atom stereocenters. The van der Waals surface area contributed by atoms with E-state index in [-0.39, 0.29) is 399 Å². The van der Waals surface area contributed by atoms with Gasteiger partial charge in [-0.1, -0.05) is 55.4 Å². The Morgan fingerprint density at radius 3 is 0.356 bits per heavy atom. The van der Waals surface area contributed by atoms with Crippen molar-refractivity contribution < 1.29 is 371 Å². The molecule has 0 aromatic rings. The van der Waals surface area contributed by atoms with Crippen molar-refractivity contribution in [2.24, 2.45) is 0 Å². The first-order valence-corrected chi connectivity index (χ1v) is 32.5. The van der Waals surface area contributed by atoms with Gasteiger partial charge in [-0.05, 0) is 51.4 Å². The van der Waals surface area contributed by atoms with E-state index >= 15 is 0 Å². The first-order chi connectivity index (χ1) is 42.0. The molecule has 0 aliphatic rings. The van der Waals surface area contributed by atoms with E-state index in [0.29, 0.717) is 185 Å². The van der Waals surface area contributed by atoms with Gasteiger partial charge in [-0.3, -0.25) is 0 Å². The Morgan fingerprint density at radius 2 is 0.228 bits per heavy atom. The standard InChI is InChI=1S/C62H126O23.8CH3.8Y/c1-9-17-63-25-27-71-29-31-73-45-57(80-39-33-65-19-11-3)47-75-49-59(82-41-35-67-21-13-5)51-77-53-61(84-43-37-69-23-15-7)55-79-56-62(85-44-38-70-24-16-8)54-78-52-60(83-42-36-68-22-14-6)50-76-48-58(81-40-34-66-20-12-4)46-74-32-30-72-28-26-64-18-10-2;;;;;;;;;;;;;;;;/h57-62H,9-56H2,1-8H3;8*1H3;;;;;;;;/q;8*-1;;;;;;;;. The van der Waals surface area contributed by atoms with Crippen LogP contribution in [0.1, 0.15) is 107 Å². The van der Waals surface area contributed by atoms with Crippen molar-refractivity contribution in [3.63, 3.8) is 0 Å². The fourth-order valence-corrected chi connectivity index (χ4v) is 7.24. The van der Waals surface area contributed by atoms with Crippen LogP contribution in [0, 0.1) is 59.4 Å². The van der Waals surface area contributed by atoms with Gasteiger partial charge in [-0.15, -0.1) is 0 Å². The Kier molecular flexibility index (Phi) is 195. The first kappa shape index (κ1) is 150. The number of hydrogen-bond donors (Lipinski definition) is 0. The van der Waals surface area contributed by atoms with Crippen LogP contribution in [0.2, 0.25) is 0 Å². The first-order valence-electron chi connectivity index (χ1n) is 32.5. The van der Waals surface area contributed by atoms with Crippen molar-refractivity contribution in [2.45, 2.75) is 143 Å². The molecule has 0 N–H and O–H groups in total. The van der Waals surface area contributed by atoms with E-state index < -0.39 is 24.4 Å². The van der Waals surface area contributed by atoms with Crippen LogP contribution in [0.3, 0.4) is 0 Å². The minimum atomic E-state index is -0.428. The molecular weight excluding hydrogens is 1920 g/mol. The van der Waals surface area contributed by atoms with Crippen molar-refractivity contribution in [2.75, 3.05) is 264 Å². The molecule has 0 amide bonds. The minimum Gasteiger partial charge on any atom is -0.379 e. The topological polar surface area (TPSA) is 212 Å². The zero-order chi connectivity index (χ0) is 61.7. The summed E-state index contributed by atoms with van der Waals surface area (Å²) in [6, 6.07) is 0. The number of rotatable bonds is 76. The van der Waals surface area contributed by atoms with Gasteiger partial charge in [-0.2, -0.15) is 0 Å². The molecule has 101 heavy (non-hydrogen) atoms. The Hall–Kier alpha value is 7.91. The molecule has 0 bridgehead atoms. The number of ether oxygens (including phenoxy) is 23. The normalized spacial score (nSPS) is 11.9. The second-order valence-corrected chi connectivity index (χ2v) is 19.9. The van der Waals surface area contributed by atoms with Gasteiger partial charge < -0.3 is 168 Å². The van der Waals surface area contributed by atoms with E-state index in [4.69, 9.17) is 109 Å². The predicted molar refractivity (Wildman–Crippen MR) is 376 cm³/mol. The molecule has 0 heterocycles. The Labute approximate surface area is 825 Å². The van der Waals surface area contributed by atoms with Gasteiger partial charge in [0, 0.05) is 315 Å². The number of hydrogen-bond acceptors (Lipinski definition) is 23. The molecule has 0 aromatic carbocycles. The van der Waals surface area contributed by atoms with Crippen LogP contribution < -0.4 is 0 Å². The van der Waals surface area contributed by atoms with Crippen molar-refractivity contribution >= 4 is 0 Å². The van der Waals surface area contributed by atoms with Crippen LogP contribution in [-0.4, -0.2) is 301 Å². The van der Waals surface area contributed by atoms with Crippen LogP contribution in [0.4, 0.5) is 0 Å². The van der Waals surface area contributed by atoms with E-state index in [1.807, 2.05) is 0 Å². The molecule has 0 saturated heterocycles. The van der Waals surface area contributed by atoms with E-state index in [9.17, 15) is 0 Å². The van der Waals surface area contributed by atoms with Gasteiger partial charge in [0.2, 0.25) is 0 Å². The smallest absolute Gasteiger partial charge is 0.104 e. The Morgan fingerprint density at radius 1 is 0.129 bits per heavy atom. The maximum absolute atomic E-state index is 6.34. The van der Waals surface area contributed by atoms with E-state index in [1.165, 1.54) is 0 Å². The molecule has 8 radical (unpaired) electrons. The van der Waals surface area contributed by atoms with Crippen LogP contribution in [0.25, 0.3) is 0 Å². The van der Waals surface area contributed by atoms with Crippen LogP contribution >= 0.6 is 0 Å². The van der Waals surface area contributed by atoms with E-state index in [1.54, 1.807) is 0 Å². The third-order valence-electron chi connectivity index (χ3n) is 11.4. The Balaban J connectivity index is -0.000000294. The summed E-state index contributed by atoms with van der Waals surface area (Å²) in [4.78, 5) is 0. The van der Waals surface area contributed by atoms with E-state index in [0.717, 1.165) is 64.6 Å². The SMILES string of the molecule is CCCOCCOCCOCC(COCC(COCC(COCC(COCC(COCC(COCCOCCOCCC)OCCOCCC)OCCOCCC)OCCOCCC)OCCOCCC)OCCOCCC)OCCOCCC.[CH3-].[CH3-].[CH3-].[CH3-].[CH3-].[CH3-].[CH3-].[CH3-].[Y].[Y].[Y].[Y].[Y].[Y].[Y].[Y]. The van der Waals surface area contributed by atoms with E-state index in [2.05, 4.69) is 55.4 Å². The fraction of sp³-hybridized carbons (Fsp3) is 0.886. The molecule has 0 rings (SSSR count). The molecule has 0 aromatic heterocycles. The molecular formula is C70H150O23Y8-8. The second-order valence-electron chi connectivity index (χ2n) is 19.9. The van der Waals surface area contributed by atoms with Gasteiger partial charge in [0.1, 0.15) is 36.6 Å². The maximum Gasteiger partial charge on any atom is 0.104 e. The van der Waals surface area contributed by atoms with Crippen LogP contribution in [-0.2, 0) is 371 Å². The molecule has 0 saturated carbocycles. The summed E-state index contributed by atoms with van der Waals surface area (Å²) in [5, 5.41) is 0. The minimum absolute atomic E-state index is 0. The third-order valence-corrected chi connectivity index (χ3v) is 11.4. The van der Waals surface area contributed by atoms with Crippen LogP contribution in [0.15, 0.2) is 0 Å². The molecule has 600 valence electrons. The molecule has 31 heteroatoms. The van der Waals surface area contributed by atoms with Gasteiger partial charge >= 0.3 is 0 Å². The third kappa shape index (κ3) is 117. The molecule has 0 aliphatic heterocycles. The molecule has 23 nitrogen and oxygen atoms in total. The van der Waals surface area contributed by atoms with Crippen molar-refractivity contribution in [3.05, 3.63) is 59.4 Å². The predicted octanol–water partition coefficient (Wildman–Crippen LogP) is 10.4. The van der Waals surface area contributed by atoms with Gasteiger partial charge in [0.05, 0.1) is 211 Å². The zero-order valence-corrected chi connectivity index (χ0v) is 90.1. The van der Waals surface area contributed by atoms with Crippen molar-refractivity contribution in [1.82, 2.24) is 0 Å². The molecule has 0 fully saturated rings. The Bertz CT molecular complexity index is 1180. The van der Waals surface area contributed by atoms with Crippen LogP contribution in [0.5, 0.6) is 0 Å². The molecule has 6 unspecified atom stereocenters. The molecule has 0 spiro atoms. The van der Waals surface area contributed by atoms with Gasteiger partial charge in [0.25, 0.3) is 0 Å². The average Bonchev–Trinajstić information content (AvgIpc) is 1.34. The zero-order valence-electron chi connectivity index (χ0n) is 67.4. The summed E-state index contributed by atoms with van der Waals surface area (Å²) in [7, 11) is 0. The summed E-state index contributed by atoms with van der Waals surface area (Å²) in [5.41, 5.74) is 0. The maximum atomic E-state index is 6.34. The summed E-state index contributed by atoms with van der Waals surface area (Å²) >= 11 is 0. The summed E-state index contributed by atoms with van der Waals surface area (Å²) in [5.74, 6) is 0. The van der Waals surface area contributed by atoms with Gasteiger partial charge in [0.15, 0.2) is 0 Å². The fourth-order valence-electron chi connectivity index (χ4n) is 7.24. The average molecular weight is 2070 g/mol. The summed E-state index contributed by atoms with van der Waals surface area (Å²) in [6.07, 6.45) is 5.17. The second kappa shape index (κ2) is 131. The summed E-state index contributed by atoms with van der Waals surface area (Å²) in [6.45, 7) is 34.1. The van der Waals surface area contributed by atoms with Crippen molar-refractivity contribution in [3.8, 4) is 0 Å². The molecule has 0 aliphatic carbocycles. The quantitative estimate of drug-likeness (QED) is 0.0409. The van der Waals surface area contributed by atoms with Gasteiger partial charge in [-0.25, -0.2) is 0 Å². The van der Waals surface area contributed by atoms with Crippen molar-refractivity contribution in [1.29, 1.82) is 0 Å². The largest absolute Gasteiger partial charge is 0.379 e. The summed E-state index contributed by atoms with van der Waals surface area (Å²) < 4.78 is 137.